The minimum atomic E-state index is -3.61. The number of nitrogens with zero attached hydrogens (tertiary/aromatic N) is 3. The molecule has 2 aromatic carbocycles. The molecule has 4 rings (SSSR count). The van der Waals surface area contributed by atoms with Gasteiger partial charge in [-0.1, -0.05) is 6.92 Å². The Kier molecular flexibility index (Phi) is 5.98. The SMILES string of the molecule is CCCn1c(COC(=O)c2oc3ccc(F)cc3c2C)nc2cc(S(=O)(=O)N(C)C)ccc21. The lowest BCUT2D eigenvalue weighted by Crippen LogP contribution is -2.22. The number of halogens is 1. The Labute approximate surface area is 190 Å². The van der Waals surface area contributed by atoms with Gasteiger partial charge in [-0.15, -0.1) is 0 Å². The second-order valence-corrected chi connectivity index (χ2v) is 10.0. The van der Waals surface area contributed by atoms with Crippen LogP contribution in [0.15, 0.2) is 45.7 Å². The quantitative estimate of drug-likeness (QED) is 0.373. The van der Waals surface area contributed by atoms with Crippen molar-refractivity contribution in [1.29, 1.82) is 0 Å². The molecular weight excluding hydrogens is 449 g/mol. The molecular formula is C23H24FN3O5S. The fourth-order valence-electron chi connectivity index (χ4n) is 3.70. The molecule has 8 nitrogen and oxygen atoms in total. The van der Waals surface area contributed by atoms with E-state index in [9.17, 15) is 17.6 Å². The number of hydrogen-bond acceptors (Lipinski definition) is 6. The van der Waals surface area contributed by atoms with Gasteiger partial charge < -0.3 is 13.7 Å². The van der Waals surface area contributed by atoms with Gasteiger partial charge in [0, 0.05) is 31.6 Å². The molecule has 0 unspecified atom stereocenters. The van der Waals surface area contributed by atoms with Gasteiger partial charge in [-0.3, -0.25) is 0 Å². The molecule has 10 heteroatoms. The van der Waals surface area contributed by atoms with Gasteiger partial charge in [0.2, 0.25) is 15.8 Å². The summed E-state index contributed by atoms with van der Waals surface area (Å²) >= 11 is 0. The van der Waals surface area contributed by atoms with Crippen molar-refractivity contribution < 1.29 is 26.8 Å². The van der Waals surface area contributed by atoms with Gasteiger partial charge in [0.05, 0.1) is 15.9 Å². The molecule has 2 aromatic heterocycles. The zero-order valence-corrected chi connectivity index (χ0v) is 19.6. The summed E-state index contributed by atoms with van der Waals surface area (Å²) in [5.41, 5.74) is 2.13. The van der Waals surface area contributed by atoms with Crippen LogP contribution in [-0.2, 0) is 27.9 Å². The number of carbonyl (C=O) groups excluding carboxylic acids is 1. The third-order valence-electron chi connectivity index (χ3n) is 5.44. The number of carbonyl (C=O) groups is 1. The summed E-state index contributed by atoms with van der Waals surface area (Å²) < 4.78 is 52.6. The fraction of sp³-hybridized carbons (Fsp3) is 0.304. The molecule has 2 heterocycles. The Hall–Kier alpha value is -3.24. The zero-order chi connectivity index (χ0) is 23.9. The largest absolute Gasteiger partial charge is 0.452 e. The van der Waals surface area contributed by atoms with Crippen LogP contribution < -0.4 is 0 Å². The van der Waals surface area contributed by atoms with E-state index in [4.69, 9.17) is 9.15 Å². The van der Waals surface area contributed by atoms with Gasteiger partial charge in [0.15, 0.2) is 0 Å². The van der Waals surface area contributed by atoms with Crippen LogP contribution in [0, 0.1) is 12.7 Å². The third kappa shape index (κ3) is 4.11. The summed E-state index contributed by atoms with van der Waals surface area (Å²) in [5, 5.41) is 0.509. The number of aromatic nitrogens is 2. The summed E-state index contributed by atoms with van der Waals surface area (Å²) in [7, 11) is -0.673. The van der Waals surface area contributed by atoms with Crippen molar-refractivity contribution >= 4 is 38.0 Å². The van der Waals surface area contributed by atoms with Gasteiger partial charge >= 0.3 is 5.97 Å². The lowest BCUT2D eigenvalue weighted by molar-refractivity contribution is 0.0423. The lowest BCUT2D eigenvalue weighted by atomic mass is 10.1. The van der Waals surface area contributed by atoms with Crippen molar-refractivity contribution in [1.82, 2.24) is 13.9 Å². The van der Waals surface area contributed by atoms with E-state index in [1.54, 1.807) is 13.0 Å². The maximum atomic E-state index is 13.6. The van der Waals surface area contributed by atoms with E-state index in [1.807, 2.05) is 11.5 Å². The second-order valence-electron chi connectivity index (χ2n) is 7.89. The number of fused-ring (bicyclic) bond motifs is 2. The molecule has 0 aliphatic heterocycles. The van der Waals surface area contributed by atoms with Crippen molar-refractivity contribution in [2.24, 2.45) is 0 Å². The number of aryl methyl sites for hydroxylation is 2. The summed E-state index contributed by atoms with van der Waals surface area (Å²) in [6.07, 6.45) is 0.804. The predicted octanol–water partition coefficient (Wildman–Crippen LogP) is 4.25. The number of furan rings is 1. The minimum absolute atomic E-state index is 0.00751. The van der Waals surface area contributed by atoms with Crippen molar-refractivity contribution in [3.05, 3.63) is 59.4 Å². The number of benzene rings is 2. The average molecular weight is 474 g/mol. The number of ether oxygens (including phenoxy) is 1. The van der Waals surface area contributed by atoms with E-state index >= 15 is 0 Å². The van der Waals surface area contributed by atoms with Crippen LogP contribution in [0.2, 0.25) is 0 Å². The summed E-state index contributed by atoms with van der Waals surface area (Å²) in [6.45, 7) is 4.16. The predicted molar refractivity (Wildman–Crippen MR) is 121 cm³/mol. The molecule has 33 heavy (non-hydrogen) atoms. The van der Waals surface area contributed by atoms with Crippen molar-refractivity contribution in [2.75, 3.05) is 14.1 Å². The van der Waals surface area contributed by atoms with E-state index < -0.39 is 21.8 Å². The Morgan fingerprint density at radius 3 is 2.67 bits per heavy atom. The van der Waals surface area contributed by atoms with E-state index in [1.165, 1.54) is 44.4 Å². The fourth-order valence-corrected chi connectivity index (χ4v) is 4.62. The van der Waals surface area contributed by atoms with E-state index in [0.717, 1.165) is 16.2 Å². The van der Waals surface area contributed by atoms with Crippen molar-refractivity contribution in [3.63, 3.8) is 0 Å². The van der Waals surface area contributed by atoms with Gasteiger partial charge in [0.1, 0.15) is 23.8 Å². The topological polar surface area (TPSA) is 94.6 Å². The number of imidazole rings is 1. The van der Waals surface area contributed by atoms with Crippen LogP contribution in [0.4, 0.5) is 4.39 Å². The van der Waals surface area contributed by atoms with Crippen LogP contribution in [0.25, 0.3) is 22.0 Å². The van der Waals surface area contributed by atoms with Gasteiger partial charge in [-0.2, -0.15) is 0 Å². The molecule has 0 amide bonds. The maximum Gasteiger partial charge on any atom is 0.375 e. The molecule has 0 radical (unpaired) electrons. The first kappa shape index (κ1) is 22.9. The third-order valence-corrected chi connectivity index (χ3v) is 7.25. The number of esters is 1. The first-order valence-electron chi connectivity index (χ1n) is 10.4. The molecule has 4 aromatic rings. The number of hydrogen-bond donors (Lipinski definition) is 0. The van der Waals surface area contributed by atoms with Crippen molar-refractivity contribution in [2.45, 2.75) is 38.3 Å². The standard InChI is InChI=1S/C23H24FN3O5S/c1-5-10-27-19-8-7-16(33(29,30)26(3)4)12-18(19)25-21(27)13-31-23(28)22-14(2)17-11-15(24)6-9-20(17)32-22/h6-9,11-12H,5,10,13H2,1-4H3. The van der Waals surface area contributed by atoms with Crippen LogP contribution in [0.3, 0.4) is 0 Å². The molecule has 0 bridgehead atoms. The van der Waals surface area contributed by atoms with Gasteiger partial charge in [0.25, 0.3) is 0 Å². The average Bonchev–Trinajstić information content (AvgIpc) is 3.29. The van der Waals surface area contributed by atoms with E-state index in [2.05, 4.69) is 4.98 Å². The minimum Gasteiger partial charge on any atom is -0.452 e. The highest BCUT2D eigenvalue weighted by atomic mass is 32.2. The van der Waals surface area contributed by atoms with Crippen LogP contribution in [-0.4, -0.2) is 42.3 Å². The zero-order valence-electron chi connectivity index (χ0n) is 18.8. The van der Waals surface area contributed by atoms with Crippen LogP contribution in [0.5, 0.6) is 0 Å². The molecule has 0 spiro atoms. The second kappa shape index (κ2) is 8.60. The Bertz CT molecular complexity index is 1470. The first-order valence-corrected chi connectivity index (χ1v) is 11.8. The molecule has 0 fully saturated rings. The highest BCUT2D eigenvalue weighted by Crippen LogP contribution is 2.27. The smallest absolute Gasteiger partial charge is 0.375 e. The number of sulfonamides is 1. The summed E-state index contributed by atoms with van der Waals surface area (Å²) in [5.74, 6) is -0.613. The first-order chi connectivity index (χ1) is 15.6. The molecule has 0 aliphatic rings. The van der Waals surface area contributed by atoms with Crippen molar-refractivity contribution in [3.8, 4) is 0 Å². The molecule has 0 aliphatic carbocycles. The van der Waals surface area contributed by atoms with E-state index in [-0.39, 0.29) is 17.3 Å². The summed E-state index contributed by atoms with van der Waals surface area (Å²) in [4.78, 5) is 17.4. The Morgan fingerprint density at radius 1 is 1.21 bits per heavy atom. The van der Waals surface area contributed by atoms with Gasteiger partial charge in [-0.05, 0) is 49.7 Å². The normalized spacial score (nSPS) is 12.2. The highest BCUT2D eigenvalue weighted by Gasteiger charge is 2.22. The number of rotatable bonds is 7. The summed E-state index contributed by atoms with van der Waals surface area (Å²) in [6, 6.07) is 8.80. The molecule has 0 saturated heterocycles. The molecule has 174 valence electrons. The van der Waals surface area contributed by atoms with E-state index in [0.29, 0.717) is 34.4 Å². The monoisotopic (exact) mass is 473 g/mol. The Morgan fingerprint density at radius 2 is 1.97 bits per heavy atom. The highest BCUT2D eigenvalue weighted by molar-refractivity contribution is 7.89. The van der Waals surface area contributed by atoms with Gasteiger partial charge in [-0.25, -0.2) is 26.9 Å². The molecule has 0 N–H and O–H groups in total. The van der Waals surface area contributed by atoms with Crippen LogP contribution in [0.1, 0.15) is 35.3 Å². The lowest BCUT2D eigenvalue weighted by Gasteiger charge is -2.11. The Balaban J connectivity index is 1.64. The molecule has 0 saturated carbocycles. The van der Waals surface area contributed by atoms with Crippen LogP contribution >= 0.6 is 0 Å². The maximum absolute atomic E-state index is 13.6. The molecule has 0 atom stereocenters.